The highest BCUT2D eigenvalue weighted by molar-refractivity contribution is 7.89. The van der Waals surface area contributed by atoms with Crippen LogP contribution in [0.15, 0.2) is 23.1 Å². The Bertz CT molecular complexity index is 707. The summed E-state index contributed by atoms with van der Waals surface area (Å²) in [4.78, 5) is 11.4. The van der Waals surface area contributed by atoms with E-state index in [2.05, 4.69) is 16.4 Å². The first-order valence-corrected chi connectivity index (χ1v) is 10.2. The van der Waals surface area contributed by atoms with Gasteiger partial charge in [0.25, 0.3) is 0 Å². The van der Waals surface area contributed by atoms with Crippen LogP contribution < -0.4 is 4.72 Å². The molecule has 6 nitrogen and oxygen atoms in total. The lowest BCUT2D eigenvalue weighted by molar-refractivity contribution is -0.00176. The van der Waals surface area contributed by atoms with Gasteiger partial charge in [0.1, 0.15) is 4.90 Å². The summed E-state index contributed by atoms with van der Waals surface area (Å²) in [5.41, 5.74) is 0.195. The first kappa shape index (κ1) is 20.2. The van der Waals surface area contributed by atoms with Crippen molar-refractivity contribution in [2.24, 2.45) is 5.92 Å². The zero-order chi connectivity index (χ0) is 18.4. The van der Waals surface area contributed by atoms with Gasteiger partial charge in [-0.25, -0.2) is 17.9 Å². The molecule has 0 radical (unpaired) electrons. The molecule has 0 aliphatic heterocycles. The van der Waals surface area contributed by atoms with E-state index in [0.29, 0.717) is 12.5 Å². The van der Waals surface area contributed by atoms with E-state index in [1.54, 1.807) is 0 Å². The Labute approximate surface area is 153 Å². The average molecular weight is 390 g/mol. The number of carbonyl (C=O) groups excluding carboxylic acids is 1. The molecule has 8 heteroatoms. The van der Waals surface area contributed by atoms with E-state index in [1.807, 2.05) is 0 Å². The molecule has 1 aliphatic carbocycles. The van der Waals surface area contributed by atoms with Crippen LogP contribution in [0.2, 0.25) is 5.02 Å². The Morgan fingerprint density at radius 2 is 2.04 bits per heavy atom. The van der Waals surface area contributed by atoms with Gasteiger partial charge in [0, 0.05) is 6.54 Å². The molecule has 1 saturated carbocycles. The van der Waals surface area contributed by atoms with Crippen LogP contribution in [0.3, 0.4) is 0 Å². The molecule has 1 aromatic rings. The Morgan fingerprint density at radius 1 is 1.32 bits per heavy atom. The SMILES string of the molecule is COC(=O)c1ccc(S(=O)(=O)NCCOC2CCCCC2C)c(Cl)c1. The molecular formula is C17H24ClNO5S. The van der Waals surface area contributed by atoms with Crippen molar-refractivity contribution in [3.8, 4) is 0 Å². The molecule has 25 heavy (non-hydrogen) atoms. The van der Waals surface area contributed by atoms with Crippen molar-refractivity contribution in [1.29, 1.82) is 0 Å². The summed E-state index contributed by atoms with van der Waals surface area (Å²) in [5, 5.41) is -0.0304. The zero-order valence-corrected chi connectivity index (χ0v) is 16.0. The quantitative estimate of drug-likeness (QED) is 0.572. The lowest BCUT2D eigenvalue weighted by Crippen LogP contribution is -2.32. The molecule has 1 aromatic carbocycles. The largest absolute Gasteiger partial charge is 0.465 e. The summed E-state index contributed by atoms with van der Waals surface area (Å²) in [6, 6.07) is 3.94. The van der Waals surface area contributed by atoms with Crippen LogP contribution in [-0.4, -0.2) is 40.8 Å². The number of nitrogens with one attached hydrogen (secondary N) is 1. The number of halogens is 1. The minimum Gasteiger partial charge on any atom is -0.465 e. The second-order valence-electron chi connectivity index (χ2n) is 6.21. The molecular weight excluding hydrogens is 366 g/mol. The molecule has 2 unspecified atom stereocenters. The number of benzene rings is 1. The highest BCUT2D eigenvalue weighted by atomic mass is 35.5. The molecule has 0 heterocycles. The monoisotopic (exact) mass is 389 g/mol. The normalized spacial score (nSPS) is 21.1. The molecule has 0 aromatic heterocycles. The minimum atomic E-state index is -3.77. The van der Waals surface area contributed by atoms with Crippen molar-refractivity contribution in [2.75, 3.05) is 20.3 Å². The summed E-state index contributed by atoms with van der Waals surface area (Å²) in [6.07, 6.45) is 4.75. The van der Waals surface area contributed by atoms with E-state index in [9.17, 15) is 13.2 Å². The zero-order valence-electron chi connectivity index (χ0n) is 14.5. The number of rotatable bonds is 7. The molecule has 0 spiro atoms. The fourth-order valence-corrected chi connectivity index (χ4v) is 4.51. The van der Waals surface area contributed by atoms with Crippen molar-refractivity contribution in [2.45, 2.75) is 43.6 Å². The standard InChI is InChI=1S/C17H24ClNO5S/c1-12-5-3-4-6-15(12)24-10-9-19-25(21,22)16-8-7-13(11-14(16)18)17(20)23-2/h7-8,11-12,15,19H,3-6,9-10H2,1-2H3. The van der Waals surface area contributed by atoms with Gasteiger partial charge in [-0.05, 0) is 37.0 Å². The van der Waals surface area contributed by atoms with E-state index in [4.69, 9.17) is 16.3 Å². The van der Waals surface area contributed by atoms with E-state index in [-0.39, 0.29) is 28.1 Å². The highest BCUT2D eigenvalue weighted by Crippen LogP contribution is 2.26. The number of sulfonamides is 1. The first-order chi connectivity index (χ1) is 11.8. The van der Waals surface area contributed by atoms with Gasteiger partial charge in [-0.2, -0.15) is 0 Å². The fourth-order valence-electron chi connectivity index (χ4n) is 2.96. The predicted molar refractivity (Wildman–Crippen MR) is 95.4 cm³/mol. The third-order valence-electron chi connectivity index (χ3n) is 4.40. The molecule has 2 atom stereocenters. The van der Waals surface area contributed by atoms with Crippen molar-refractivity contribution in [1.82, 2.24) is 4.72 Å². The van der Waals surface area contributed by atoms with Crippen LogP contribution in [-0.2, 0) is 19.5 Å². The van der Waals surface area contributed by atoms with E-state index in [0.717, 1.165) is 19.3 Å². The third kappa shape index (κ3) is 5.41. The Kier molecular flexibility index (Phi) is 7.25. The maximum atomic E-state index is 12.4. The van der Waals surface area contributed by atoms with Gasteiger partial charge in [-0.3, -0.25) is 0 Å². The van der Waals surface area contributed by atoms with Crippen molar-refractivity contribution in [3.05, 3.63) is 28.8 Å². The Balaban J connectivity index is 1.91. The Hall–Kier alpha value is -1.15. The van der Waals surface area contributed by atoms with Crippen LogP contribution in [0, 0.1) is 5.92 Å². The lowest BCUT2D eigenvalue weighted by atomic mass is 9.88. The lowest BCUT2D eigenvalue weighted by Gasteiger charge is -2.28. The van der Waals surface area contributed by atoms with Gasteiger partial charge in [0.15, 0.2) is 0 Å². The second-order valence-corrected chi connectivity index (χ2v) is 8.35. The van der Waals surface area contributed by atoms with Gasteiger partial charge in [0.05, 0.1) is 30.4 Å². The maximum Gasteiger partial charge on any atom is 0.337 e. The fraction of sp³-hybridized carbons (Fsp3) is 0.588. The van der Waals surface area contributed by atoms with Crippen molar-refractivity contribution >= 4 is 27.6 Å². The maximum absolute atomic E-state index is 12.4. The molecule has 2 rings (SSSR count). The molecule has 0 amide bonds. The van der Waals surface area contributed by atoms with E-state index in [1.165, 1.54) is 31.7 Å². The van der Waals surface area contributed by atoms with Gasteiger partial charge < -0.3 is 9.47 Å². The topological polar surface area (TPSA) is 81.7 Å². The van der Waals surface area contributed by atoms with Gasteiger partial charge >= 0.3 is 5.97 Å². The van der Waals surface area contributed by atoms with Crippen LogP contribution in [0.4, 0.5) is 0 Å². The van der Waals surface area contributed by atoms with E-state index < -0.39 is 16.0 Å². The Morgan fingerprint density at radius 3 is 2.68 bits per heavy atom. The molecule has 0 saturated heterocycles. The first-order valence-electron chi connectivity index (χ1n) is 8.34. The molecule has 1 fully saturated rings. The summed E-state index contributed by atoms with van der Waals surface area (Å²) >= 11 is 6.01. The minimum absolute atomic E-state index is 0.0304. The van der Waals surface area contributed by atoms with Crippen LogP contribution in [0.25, 0.3) is 0 Å². The number of methoxy groups -OCH3 is 1. The summed E-state index contributed by atoms with van der Waals surface area (Å²) < 4.78 is 37.6. The summed E-state index contributed by atoms with van der Waals surface area (Å²) in [7, 11) is -2.53. The average Bonchev–Trinajstić information content (AvgIpc) is 2.59. The van der Waals surface area contributed by atoms with Crippen LogP contribution >= 0.6 is 11.6 Å². The third-order valence-corrected chi connectivity index (χ3v) is 6.35. The van der Waals surface area contributed by atoms with E-state index >= 15 is 0 Å². The second kappa shape index (κ2) is 8.98. The van der Waals surface area contributed by atoms with Crippen LogP contribution in [0.5, 0.6) is 0 Å². The number of hydrogen-bond donors (Lipinski definition) is 1. The predicted octanol–water partition coefficient (Wildman–Crippen LogP) is 3.00. The van der Waals surface area contributed by atoms with Crippen molar-refractivity contribution in [3.63, 3.8) is 0 Å². The van der Waals surface area contributed by atoms with Gasteiger partial charge in [-0.15, -0.1) is 0 Å². The molecule has 140 valence electrons. The molecule has 1 aliphatic rings. The smallest absolute Gasteiger partial charge is 0.337 e. The number of hydrogen-bond acceptors (Lipinski definition) is 5. The number of carbonyl (C=O) groups is 1. The van der Waals surface area contributed by atoms with Gasteiger partial charge in [0.2, 0.25) is 10.0 Å². The molecule has 0 bridgehead atoms. The number of ether oxygens (including phenoxy) is 2. The number of esters is 1. The highest BCUT2D eigenvalue weighted by Gasteiger charge is 2.23. The molecule has 1 N–H and O–H groups in total. The van der Waals surface area contributed by atoms with Gasteiger partial charge in [-0.1, -0.05) is 31.4 Å². The van der Waals surface area contributed by atoms with Crippen molar-refractivity contribution < 1.29 is 22.7 Å². The van der Waals surface area contributed by atoms with Crippen LogP contribution in [0.1, 0.15) is 43.0 Å². The summed E-state index contributed by atoms with van der Waals surface area (Å²) in [5.74, 6) is -0.0699. The summed E-state index contributed by atoms with van der Waals surface area (Å²) in [6.45, 7) is 2.64.